The van der Waals surface area contributed by atoms with Gasteiger partial charge in [-0.15, -0.1) is 5.06 Å². The van der Waals surface area contributed by atoms with Crippen LogP contribution in [0.1, 0.15) is 32.0 Å². The average molecular weight is 439 g/mol. The van der Waals surface area contributed by atoms with Crippen molar-refractivity contribution in [2.75, 3.05) is 6.61 Å². The predicted octanol–water partition coefficient (Wildman–Crippen LogP) is 4.07. The molecule has 0 unspecified atom stereocenters. The van der Waals surface area contributed by atoms with E-state index in [1.165, 1.54) is 0 Å². The third-order valence-electron chi connectivity index (χ3n) is 5.57. The number of phenolic OH excluding ortho intramolecular Hbond substituents is 1. The Kier molecular flexibility index (Phi) is 5.46. The van der Waals surface area contributed by atoms with E-state index in [-0.39, 0.29) is 12.4 Å². The van der Waals surface area contributed by atoms with Crippen LogP contribution in [0.15, 0.2) is 85.2 Å². The lowest BCUT2D eigenvalue weighted by Gasteiger charge is -2.15. The molecule has 33 heavy (non-hydrogen) atoms. The smallest absolute Gasteiger partial charge is 0.285 e. The lowest BCUT2D eigenvalue weighted by molar-refractivity contribution is -0.0904. The molecular weight excluding hydrogens is 418 g/mol. The van der Waals surface area contributed by atoms with Gasteiger partial charge in [0.15, 0.2) is 0 Å². The zero-order chi connectivity index (χ0) is 22.8. The van der Waals surface area contributed by atoms with Crippen molar-refractivity contribution in [3.63, 3.8) is 0 Å². The van der Waals surface area contributed by atoms with Crippen LogP contribution in [0.25, 0.3) is 11.3 Å². The van der Waals surface area contributed by atoms with Crippen molar-refractivity contribution in [1.29, 1.82) is 0 Å². The van der Waals surface area contributed by atoms with E-state index in [1.807, 2.05) is 41.0 Å². The van der Waals surface area contributed by atoms with Crippen molar-refractivity contribution in [2.24, 2.45) is 0 Å². The van der Waals surface area contributed by atoms with E-state index >= 15 is 0 Å². The number of phenols is 1. The second kappa shape index (κ2) is 8.72. The molecule has 2 heterocycles. The molecule has 0 spiro atoms. The van der Waals surface area contributed by atoms with Crippen molar-refractivity contribution < 1.29 is 19.5 Å². The minimum absolute atomic E-state index is 0.122. The van der Waals surface area contributed by atoms with Gasteiger partial charge >= 0.3 is 0 Å². The number of carbonyl (C=O) groups is 2. The quantitative estimate of drug-likeness (QED) is 0.439. The number of imide groups is 1. The van der Waals surface area contributed by atoms with Gasteiger partial charge in [-0.05, 0) is 29.8 Å². The number of carbonyl (C=O) groups excluding carboxylic acids is 2. The van der Waals surface area contributed by atoms with Gasteiger partial charge in [-0.2, -0.15) is 0 Å². The fourth-order valence-electron chi connectivity index (χ4n) is 4.01. The third-order valence-corrected chi connectivity index (χ3v) is 5.57. The summed E-state index contributed by atoms with van der Waals surface area (Å²) in [7, 11) is 0. The topological polar surface area (TPSA) is 84.7 Å². The monoisotopic (exact) mass is 439 g/mol. The van der Waals surface area contributed by atoms with E-state index in [2.05, 4.69) is 4.98 Å². The van der Waals surface area contributed by atoms with E-state index in [0.29, 0.717) is 24.1 Å². The van der Waals surface area contributed by atoms with Crippen LogP contribution in [0.2, 0.25) is 0 Å². The maximum atomic E-state index is 12.6. The Balaban J connectivity index is 1.38. The summed E-state index contributed by atoms with van der Waals surface area (Å²) in [6.45, 7) is 0.633. The summed E-state index contributed by atoms with van der Waals surface area (Å²) >= 11 is 0. The van der Waals surface area contributed by atoms with Crippen LogP contribution in [0.3, 0.4) is 0 Å². The molecule has 5 rings (SSSR count). The molecule has 2 amide bonds. The molecule has 7 heteroatoms. The zero-order valence-electron chi connectivity index (χ0n) is 17.7. The number of nitrogens with zero attached hydrogens (tertiary/aromatic N) is 3. The van der Waals surface area contributed by atoms with Gasteiger partial charge in [0.05, 0.1) is 29.8 Å². The van der Waals surface area contributed by atoms with Crippen LogP contribution in [0, 0.1) is 0 Å². The first kappa shape index (κ1) is 20.7. The number of amides is 2. The van der Waals surface area contributed by atoms with Crippen LogP contribution < -0.4 is 0 Å². The molecule has 1 N–H and O–H groups in total. The van der Waals surface area contributed by atoms with Crippen LogP contribution in [-0.4, -0.2) is 38.1 Å². The van der Waals surface area contributed by atoms with E-state index in [4.69, 9.17) is 4.84 Å². The first-order valence-corrected chi connectivity index (χ1v) is 10.6. The minimum Gasteiger partial charge on any atom is -0.508 e. The van der Waals surface area contributed by atoms with Crippen molar-refractivity contribution in [2.45, 2.75) is 13.0 Å². The van der Waals surface area contributed by atoms with Crippen molar-refractivity contribution in [1.82, 2.24) is 14.6 Å². The Bertz CT molecular complexity index is 1300. The lowest BCUT2D eigenvalue weighted by Crippen LogP contribution is -2.31. The Morgan fingerprint density at radius 1 is 0.848 bits per heavy atom. The van der Waals surface area contributed by atoms with Gasteiger partial charge < -0.3 is 9.67 Å². The number of aromatic hydroxyl groups is 1. The Labute approximate surface area is 190 Å². The maximum absolute atomic E-state index is 12.6. The maximum Gasteiger partial charge on any atom is 0.285 e. The van der Waals surface area contributed by atoms with Crippen molar-refractivity contribution >= 4 is 11.8 Å². The summed E-state index contributed by atoms with van der Waals surface area (Å²) in [5, 5.41) is 10.7. The van der Waals surface area contributed by atoms with E-state index in [0.717, 1.165) is 27.6 Å². The van der Waals surface area contributed by atoms with Gasteiger partial charge in [-0.3, -0.25) is 14.4 Å². The van der Waals surface area contributed by atoms with Gasteiger partial charge in [-0.1, -0.05) is 54.6 Å². The number of fused-ring (bicyclic) bond motifs is 1. The SMILES string of the molecule is O=C1c2ccccc2C(=O)N1OCCc1c(-c2ccccc2)ncn1Cc1cccc(O)c1. The molecular formula is C26H21N3O4. The minimum atomic E-state index is -0.452. The molecule has 0 fully saturated rings. The molecule has 1 aliphatic heterocycles. The van der Waals surface area contributed by atoms with Crippen LogP contribution in [-0.2, 0) is 17.8 Å². The molecule has 3 aromatic carbocycles. The number of imidazole rings is 1. The summed E-state index contributed by atoms with van der Waals surface area (Å²) in [5.41, 5.74) is 4.29. The molecule has 164 valence electrons. The summed E-state index contributed by atoms with van der Waals surface area (Å²) in [5.74, 6) is -0.703. The number of aromatic nitrogens is 2. The van der Waals surface area contributed by atoms with Crippen LogP contribution in [0.4, 0.5) is 0 Å². The number of hydrogen-bond donors (Lipinski definition) is 1. The molecule has 0 saturated heterocycles. The summed E-state index contributed by atoms with van der Waals surface area (Å²) in [6, 6.07) is 23.6. The molecule has 7 nitrogen and oxygen atoms in total. The highest BCUT2D eigenvalue weighted by Crippen LogP contribution is 2.26. The zero-order valence-corrected chi connectivity index (χ0v) is 17.7. The van der Waals surface area contributed by atoms with Crippen LogP contribution in [0.5, 0.6) is 5.75 Å². The molecule has 1 aromatic heterocycles. The fourth-order valence-corrected chi connectivity index (χ4v) is 4.01. The molecule has 0 atom stereocenters. The fraction of sp³-hybridized carbons (Fsp3) is 0.115. The predicted molar refractivity (Wildman–Crippen MR) is 121 cm³/mol. The highest BCUT2D eigenvalue weighted by atomic mass is 16.7. The number of benzene rings is 3. The molecule has 0 bridgehead atoms. The van der Waals surface area contributed by atoms with Crippen LogP contribution >= 0.6 is 0 Å². The lowest BCUT2D eigenvalue weighted by atomic mass is 10.1. The number of hydroxylamine groups is 2. The number of hydrogen-bond acceptors (Lipinski definition) is 5. The summed E-state index contributed by atoms with van der Waals surface area (Å²) < 4.78 is 1.99. The van der Waals surface area contributed by atoms with Gasteiger partial charge in [-0.25, -0.2) is 4.98 Å². The Morgan fingerprint density at radius 3 is 2.24 bits per heavy atom. The third kappa shape index (κ3) is 4.02. The van der Waals surface area contributed by atoms with E-state index < -0.39 is 11.8 Å². The van der Waals surface area contributed by atoms with Crippen molar-refractivity contribution in [3.05, 3.63) is 108 Å². The van der Waals surface area contributed by atoms with E-state index in [1.54, 1.807) is 48.8 Å². The largest absolute Gasteiger partial charge is 0.508 e. The second-order valence-corrected chi connectivity index (χ2v) is 7.74. The molecule has 4 aromatic rings. The molecule has 0 radical (unpaired) electrons. The summed E-state index contributed by atoms with van der Waals surface area (Å²) in [6.07, 6.45) is 2.18. The highest BCUT2D eigenvalue weighted by molar-refractivity contribution is 6.20. The van der Waals surface area contributed by atoms with Crippen molar-refractivity contribution in [3.8, 4) is 17.0 Å². The van der Waals surface area contributed by atoms with E-state index in [9.17, 15) is 14.7 Å². The molecule has 0 aliphatic carbocycles. The Hall–Kier alpha value is -4.23. The number of rotatable bonds is 7. The average Bonchev–Trinajstić information content (AvgIpc) is 3.34. The first-order chi connectivity index (χ1) is 16.1. The normalized spacial score (nSPS) is 12.9. The standard InChI is InChI=1S/C26H21N3O4/c30-20-10-6-7-18(15-20)16-28-17-27-24(19-8-2-1-3-9-19)23(28)13-14-33-29-25(31)21-11-4-5-12-22(21)26(29)32/h1-12,15,17,30H,13-14,16H2. The molecule has 1 aliphatic rings. The second-order valence-electron chi connectivity index (χ2n) is 7.74. The highest BCUT2D eigenvalue weighted by Gasteiger charge is 2.36. The van der Waals surface area contributed by atoms with Gasteiger partial charge in [0, 0.05) is 24.2 Å². The van der Waals surface area contributed by atoms with Gasteiger partial charge in [0.1, 0.15) is 5.75 Å². The van der Waals surface area contributed by atoms with Gasteiger partial charge in [0.2, 0.25) is 0 Å². The van der Waals surface area contributed by atoms with Gasteiger partial charge in [0.25, 0.3) is 11.8 Å². The summed E-state index contributed by atoms with van der Waals surface area (Å²) in [4.78, 5) is 35.4. The first-order valence-electron chi connectivity index (χ1n) is 10.6. The Morgan fingerprint density at radius 2 is 1.55 bits per heavy atom. The molecule has 0 saturated carbocycles.